The topological polar surface area (TPSA) is 85.9 Å². The zero-order valence-corrected chi connectivity index (χ0v) is 18.7. The first-order valence-electron chi connectivity index (χ1n) is 10.2. The van der Waals surface area contributed by atoms with Crippen molar-refractivity contribution in [1.29, 1.82) is 0 Å². The molecule has 0 saturated carbocycles. The Hall–Kier alpha value is -4.47. The van der Waals surface area contributed by atoms with Crippen LogP contribution in [0.2, 0.25) is 0 Å². The third-order valence-corrected chi connectivity index (χ3v) is 4.59. The van der Waals surface area contributed by atoms with Crippen molar-refractivity contribution in [3.8, 4) is 17.2 Å². The largest absolute Gasteiger partial charge is 0.573 e. The van der Waals surface area contributed by atoms with Gasteiger partial charge in [-0.2, -0.15) is 0 Å². The molecular formula is C25H21F3N2O5. The minimum atomic E-state index is -4.83. The van der Waals surface area contributed by atoms with Crippen LogP contribution in [0.15, 0.2) is 78.5 Å². The molecule has 3 aromatic carbocycles. The summed E-state index contributed by atoms with van der Waals surface area (Å²) in [7, 11) is 2.94. The van der Waals surface area contributed by atoms with Crippen molar-refractivity contribution in [2.45, 2.75) is 6.36 Å². The zero-order valence-electron chi connectivity index (χ0n) is 18.7. The first-order valence-corrected chi connectivity index (χ1v) is 10.2. The summed E-state index contributed by atoms with van der Waals surface area (Å²) in [5.74, 6) is -0.773. The van der Waals surface area contributed by atoms with Gasteiger partial charge in [-0.15, -0.1) is 13.2 Å². The zero-order chi connectivity index (χ0) is 25.4. The Kier molecular flexibility index (Phi) is 7.98. The Morgan fingerprint density at radius 1 is 0.857 bits per heavy atom. The summed E-state index contributed by atoms with van der Waals surface area (Å²) in [6.07, 6.45) is -3.40. The van der Waals surface area contributed by atoms with Crippen molar-refractivity contribution in [2.24, 2.45) is 0 Å². The second-order valence-corrected chi connectivity index (χ2v) is 7.02. The van der Waals surface area contributed by atoms with Crippen LogP contribution in [-0.2, 0) is 4.79 Å². The number of alkyl halides is 3. The van der Waals surface area contributed by atoms with Gasteiger partial charge in [0, 0.05) is 11.3 Å². The van der Waals surface area contributed by atoms with E-state index in [0.29, 0.717) is 22.6 Å². The normalized spacial score (nSPS) is 11.4. The van der Waals surface area contributed by atoms with Crippen molar-refractivity contribution in [1.82, 2.24) is 5.32 Å². The first-order chi connectivity index (χ1) is 16.7. The van der Waals surface area contributed by atoms with E-state index >= 15 is 0 Å². The number of methoxy groups -OCH3 is 2. The van der Waals surface area contributed by atoms with E-state index in [1.165, 1.54) is 32.4 Å². The van der Waals surface area contributed by atoms with Crippen LogP contribution in [0.3, 0.4) is 0 Å². The Labute approximate surface area is 199 Å². The third-order valence-electron chi connectivity index (χ3n) is 4.59. The molecule has 10 heteroatoms. The maximum absolute atomic E-state index is 13.0. The van der Waals surface area contributed by atoms with E-state index in [0.717, 1.165) is 12.1 Å². The lowest BCUT2D eigenvalue weighted by Crippen LogP contribution is -2.30. The number of ether oxygens (including phenoxy) is 3. The summed E-state index contributed by atoms with van der Waals surface area (Å²) >= 11 is 0. The Balaban J connectivity index is 1.88. The summed E-state index contributed by atoms with van der Waals surface area (Å²) in [6, 6.07) is 17.8. The number of anilines is 1. The SMILES string of the molecule is COc1ccc(/C=C(\NC(=O)c2ccccc2)C(=O)Nc2ccc(OC(F)(F)F)cc2)cc1OC. The molecule has 0 bridgehead atoms. The lowest BCUT2D eigenvalue weighted by Gasteiger charge is -2.13. The third kappa shape index (κ3) is 7.26. The van der Waals surface area contributed by atoms with E-state index in [9.17, 15) is 22.8 Å². The first kappa shape index (κ1) is 25.2. The molecular weight excluding hydrogens is 465 g/mol. The quantitative estimate of drug-likeness (QED) is 0.437. The van der Waals surface area contributed by atoms with Gasteiger partial charge in [-0.3, -0.25) is 9.59 Å². The average molecular weight is 486 g/mol. The van der Waals surface area contributed by atoms with Crippen LogP contribution in [0.4, 0.5) is 18.9 Å². The molecule has 2 amide bonds. The molecule has 0 atom stereocenters. The summed E-state index contributed by atoms with van der Waals surface area (Å²) in [5, 5.41) is 5.12. The number of hydrogen-bond donors (Lipinski definition) is 2. The number of hydrogen-bond acceptors (Lipinski definition) is 5. The second-order valence-electron chi connectivity index (χ2n) is 7.02. The average Bonchev–Trinajstić information content (AvgIpc) is 2.84. The Bertz CT molecular complexity index is 1210. The van der Waals surface area contributed by atoms with Crippen LogP contribution in [0.1, 0.15) is 15.9 Å². The van der Waals surface area contributed by atoms with Gasteiger partial charge in [0.1, 0.15) is 11.4 Å². The number of carbonyl (C=O) groups excluding carboxylic acids is 2. The molecule has 0 aliphatic rings. The molecule has 2 N–H and O–H groups in total. The van der Waals surface area contributed by atoms with E-state index in [1.807, 2.05) is 0 Å². The molecule has 0 unspecified atom stereocenters. The number of amides is 2. The lowest BCUT2D eigenvalue weighted by atomic mass is 10.1. The Morgan fingerprint density at radius 2 is 1.51 bits per heavy atom. The van der Waals surface area contributed by atoms with Crippen LogP contribution >= 0.6 is 0 Å². The molecule has 0 radical (unpaired) electrons. The summed E-state index contributed by atoms with van der Waals surface area (Å²) < 4.78 is 51.4. The number of nitrogens with one attached hydrogen (secondary N) is 2. The van der Waals surface area contributed by atoms with Crippen molar-refractivity contribution in [2.75, 3.05) is 19.5 Å². The number of carbonyl (C=O) groups is 2. The Morgan fingerprint density at radius 3 is 2.11 bits per heavy atom. The van der Waals surface area contributed by atoms with Crippen molar-refractivity contribution < 1.29 is 37.0 Å². The molecule has 0 heterocycles. The van der Waals surface area contributed by atoms with Gasteiger partial charge in [-0.25, -0.2) is 0 Å². The van der Waals surface area contributed by atoms with E-state index in [-0.39, 0.29) is 11.4 Å². The molecule has 3 aromatic rings. The van der Waals surface area contributed by atoms with Gasteiger partial charge in [0.05, 0.1) is 14.2 Å². The standard InChI is InChI=1S/C25H21F3N2O5/c1-33-21-13-8-16(15-22(21)34-2)14-20(30-23(31)17-6-4-3-5-7-17)24(32)29-18-9-11-19(12-10-18)35-25(26,27)28/h3-15H,1-2H3,(H,29,32)(H,30,31)/b20-14-. The van der Waals surface area contributed by atoms with Crippen LogP contribution in [0, 0.1) is 0 Å². The molecule has 0 aliphatic carbocycles. The molecule has 7 nitrogen and oxygen atoms in total. The molecule has 3 rings (SSSR count). The number of benzene rings is 3. The van der Waals surface area contributed by atoms with Gasteiger partial charge < -0.3 is 24.8 Å². The van der Waals surface area contributed by atoms with Crippen LogP contribution < -0.4 is 24.8 Å². The van der Waals surface area contributed by atoms with Crippen molar-refractivity contribution in [3.05, 3.63) is 89.6 Å². The highest BCUT2D eigenvalue weighted by Gasteiger charge is 2.31. The second kappa shape index (κ2) is 11.1. The highest BCUT2D eigenvalue weighted by atomic mass is 19.4. The molecule has 0 aliphatic heterocycles. The summed E-state index contributed by atoms with van der Waals surface area (Å²) in [5.41, 5.74) is 0.931. The van der Waals surface area contributed by atoms with Crippen LogP contribution in [0.5, 0.6) is 17.2 Å². The monoisotopic (exact) mass is 486 g/mol. The van der Waals surface area contributed by atoms with Crippen LogP contribution in [-0.4, -0.2) is 32.4 Å². The smallest absolute Gasteiger partial charge is 0.493 e. The van der Waals surface area contributed by atoms with E-state index in [2.05, 4.69) is 15.4 Å². The molecule has 182 valence electrons. The van der Waals surface area contributed by atoms with Gasteiger partial charge >= 0.3 is 6.36 Å². The summed E-state index contributed by atoms with van der Waals surface area (Å²) in [4.78, 5) is 25.7. The fourth-order valence-corrected chi connectivity index (χ4v) is 2.99. The minimum absolute atomic E-state index is 0.110. The van der Waals surface area contributed by atoms with Gasteiger partial charge in [0.15, 0.2) is 11.5 Å². The lowest BCUT2D eigenvalue weighted by molar-refractivity contribution is -0.274. The van der Waals surface area contributed by atoms with E-state index in [1.54, 1.807) is 48.5 Å². The van der Waals surface area contributed by atoms with Gasteiger partial charge in [0.2, 0.25) is 0 Å². The number of rotatable bonds is 8. The molecule has 35 heavy (non-hydrogen) atoms. The fourth-order valence-electron chi connectivity index (χ4n) is 2.99. The van der Waals surface area contributed by atoms with Gasteiger partial charge in [-0.1, -0.05) is 24.3 Å². The summed E-state index contributed by atoms with van der Waals surface area (Å²) in [6.45, 7) is 0. The van der Waals surface area contributed by atoms with Gasteiger partial charge in [-0.05, 0) is 60.2 Å². The molecule has 0 aromatic heterocycles. The van der Waals surface area contributed by atoms with E-state index < -0.39 is 23.9 Å². The van der Waals surface area contributed by atoms with Gasteiger partial charge in [0.25, 0.3) is 11.8 Å². The maximum atomic E-state index is 13.0. The molecule has 0 spiro atoms. The molecule has 0 saturated heterocycles. The highest BCUT2D eigenvalue weighted by Crippen LogP contribution is 2.28. The predicted molar refractivity (Wildman–Crippen MR) is 123 cm³/mol. The predicted octanol–water partition coefficient (Wildman–Crippen LogP) is 5.01. The maximum Gasteiger partial charge on any atom is 0.573 e. The van der Waals surface area contributed by atoms with Crippen molar-refractivity contribution >= 4 is 23.6 Å². The van der Waals surface area contributed by atoms with E-state index in [4.69, 9.17) is 9.47 Å². The number of halogens is 3. The minimum Gasteiger partial charge on any atom is -0.493 e. The van der Waals surface area contributed by atoms with Crippen LogP contribution in [0.25, 0.3) is 6.08 Å². The molecule has 0 fully saturated rings. The highest BCUT2D eigenvalue weighted by molar-refractivity contribution is 6.10. The van der Waals surface area contributed by atoms with Crippen molar-refractivity contribution in [3.63, 3.8) is 0 Å². The fraction of sp³-hybridized carbons (Fsp3) is 0.120.